The number of likely N-dealkylation sites (tertiary alicyclic amines) is 1. The first-order valence-electron chi connectivity index (χ1n) is 9.27. The Morgan fingerprint density at radius 1 is 1.12 bits per heavy atom. The molecule has 3 aliphatic rings. The van der Waals surface area contributed by atoms with E-state index in [0.717, 1.165) is 78.5 Å². The van der Waals surface area contributed by atoms with Crippen molar-refractivity contribution in [2.75, 3.05) is 72.7 Å². The number of morpholine rings is 2. The molecule has 1 unspecified atom stereocenters. The Morgan fingerprint density at radius 3 is 2.50 bits per heavy atom. The van der Waals surface area contributed by atoms with Crippen LogP contribution < -0.4 is 5.73 Å². The molecule has 0 saturated carbocycles. The van der Waals surface area contributed by atoms with E-state index in [9.17, 15) is 0 Å². The molecular weight excluding hydrogens is 306 g/mol. The molecule has 138 valence electrons. The van der Waals surface area contributed by atoms with Crippen molar-refractivity contribution < 1.29 is 9.47 Å². The van der Waals surface area contributed by atoms with Gasteiger partial charge in [0.2, 0.25) is 0 Å². The lowest BCUT2D eigenvalue weighted by atomic mass is 9.85. The molecule has 0 amide bonds. The third-order valence-corrected chi connectivity index (χ3v) is 5.70. The Kier molecular flexibility index (Phi) is 5.97. The van der Waals surface area contributed by atoms with Crippen molar-refractivity contribution in [3.05, 3.63) is 0 Å². The fourth-order valence-electron chi connectivity index (χ4n) is 4.00. The zero-order chi connectivity index (χ0) is 17.0. The van der Waals surface area contributed by atoms with Crippen molar-refractivity contribution in [2.45, 2.75) is 31.4 Å². The number of piperidine rings is 1. The maximum atomic E-state index is 6.31. The number of hydrogen-bond acceptors (Lipinski definition) is 5. The average Bonchev–Trinajstić information content (AvgIpc) is 2.62. The van der Waals surface area contributed by atoms with Gasteiger partial charge < -0.3 is 25.0 Å². The van der Waals surface area contributed by atoms with Gasteiger partial charge in [0, 0.05) is 31.7 Å². The standard InChI is InChI=1S/C17H33N5O2/c1-15-13-21(7-12-24-15)16(18)19-14-17(3-5-20(2)6-4-17)22-8-10-23-11-9-22/h15H,3-14H2,1-2H3,(H2,18,19). The Balaban J connectivity index is 1.68. The highest BCUT2D eigenvalue weighted by molar-refractivity contribution is 5.78. The molecule has 1 atom stereocenters. The first-order valence-corrected chi connectivity index (χ1v) is 9.27. The lowest BCUT2D eigenvalue weighted by Gasteiger charge is -2.49. The molecule has 7 heteroatoms. The molecule has 7 nitrogen and oxygen atoms in total. The van der Waals surface area contributed by atoms with Crippen LogP contribution in [0.15, 0.2) is 4.99 Å². The van der Waals surface area contributed by atoms with Gasteiger partial charge in [0.1, 0.15) is 0 Å². The van der Waals surface area contributed by atoms with E-state index >= 15 is 0 Å². The topological polar surface area (TPSA) is 66.6 Å². The number of rotatable bonds is 3. The minimum Gasteiger partial charge on any atom is -0.379 e. The van der Waals surface area contributed by atoms with Crippen molar-refractivity contribution in [3.63, 3.8) is 0 Å². The highest BCUT2D eigenvalue weighted by atomic mass is 16.5. The van der Waals surface area contributed by atoms with E-state index in [1.54, 1.807) is 0 Å². The van der Waals surface area contributed by atoms with Crippen molar-refractivity contribution in [1.82, 2.24) is 14.7 Å². The van der Waals surface area contributed by atoms with Crippen LogP contribution in [0.3, 0.4) is 0 Å². The molecule has 2 N–H and O–H groups in total. The summed E-state index contributed by atoms with van der Waals surface area (Å²) >= 11 is 0. The predicted molar refractivity (Wildman–Crippen MR) is 95.3 cm³/mol. The largest absolute Gasteiger partial charge is 0.379 e. The summed E-state index contributed by atoms with van der Waals surface area (Å²) in [5.74, 6) is 0.678. The summed E-state index contributed by atoms with van der Waals surface area (Å²) in [6.07, 6.45) is 2.53. The molecule has 0 aromatic rings. The number of aliphatic imine (C=N–C) groups is 1. The monoisotopic (exact) mass is 339 g/mol. The lowest BCUT2D eigenvalue weighted by molar-refractivity contribution is -0.0413. The highest BCUT2D eigenvalue weighted by Crippen LogP contribution is 2.30. The maximum Gasteiger partial charge on any atom is 0.191 e. The first-order chi connectivity index (χ1) is 11.6. The highest BCUT2D eigenvalue weighted by Gasteiger charge is 2.40. The molecule has 3 aliphatic heterocycles. The second-order valence-corrected chi connectivity index (χ2v) is 7.43. The van der Waals surface area contributed by atoms with E-state index in [0.29, 0.717) is 5.96 Å². The van der Waals surface area contributed by atoms with Gasteiger partial charge in [0.25, 0.3) is 0 Å². The van der Waals surface area contributed by atoms with Gasteiger partial charge in [-0.25, -0.2) is 0 Å². The normalized spacial score (nSPS) is 30.5. The Bertz CT molecular complexity index is 431. The van der Waals surface area contributed by atoms with E-state index in [-0.39, 0.29) is 11.6 Å². The van der Waals surface area contributed by atoms with E-state index in [2.05, 4.69) is 28.7 Å². The smallest absolute Gasteiger partial charge is 0.191 e. The second-order valence-electron chi connectivity index (χ2n) is 7.43. The van der Waals surface area contributed by atoms with Crippen LogP contribution in [0.4, 0.5) is 0 Å². The molecule has 0 radical (unpaired) electrons. The molecule has 3 rings (SSSR count). The molecule has 3 saturated heterocycles. The second kappa shape index (κ2) is 7.99. The summed E-state index contributed by atoms with van der Waals surface area (Å²) in [6.45, 7) is 11.2. The molecular formula is C17H33N5O2. The van der Waals surface area contributed by atoms with Crippen LogP contribution in [0.5, 0.6) is 0 Å². The summed E-state index contributed by atoms with van der Waals surface area (Å²) in [7, 11) is 2.20. The lowest BCUT2D eigenvalue weighted by Crippen LogP contribution is -2.60. The molecule has 0 bridgehead atoms. The van der Waals surface area contributed by atoms with Gasteiger partial charge in [-0.15, -0.1) is 0 Å². The Labute approximate surface area is 145 Å². The van der Waals surface area contributed by atoms with Gasteiger partial charge in [-0.05, 0) is 39.9 Å². The van der Waals surface area contributed by atoms with Gasteiger partial charge in [-0.2, -0.15) is 0 Å². The van der Waals surface area contributed by atoms with E-state index in [4.69, 9.17) is 20.2 Å². The van der Waals surface area contributed by atoms with Crippen LogP contribution in [0, 0.1) is 0 Å². The van der Waals surface area contributed by atoms with Crippen molar-refractivity contribution >= 4 is 5.96 Å². The van der Waals surface area contributed by atoms with Crippen molar-refractivity contribution in [1.29, 1.82) is 0 Å². The zero-order valence-corrected chi connectivity index (χ0v) is 15.2. The number of hydrogen-bond donors (Lipinski definition) is 1. The number of nitrogens with two attached hydrogens (primary N) is 1. The van der Waals surface area contributed by atoms with Crippen molar-refractivity contribution in [3.8, 4) is 0 Å². The third kappa shape index (κ3) is 4.20. The SMILES string of the molecule is CC1CN(C(N)=NCC2(N3CCOCC3)CCN(C)CC2)CCO1. The number of ether oxygens (including phenoxy) is 2. The van der Waals surface area contributed by atoms with E-state index in [1.165, 1.54) is 0 Å². The quantitative estimate of drug-likeness (QED) is 0.568. The molecule has 0 aromatic carbocycles. The van der Waals surface area contributed by atoms with Gasteiger partial charge in [-0.1, -0.05) is 0 Å². The summed E-state index contributed by atoms with van der Waals surface area (Å²) in [6, 6.07) is 0. The predicted octanol–water partition coefficient (Wildman–Crippen LogP) is -0.182. The van der Waals surface area contributed by atoms with Crippen LogP contribution in [-0.4, -0.2) is 105 Å². The fraction of sp³-hybridized carbons (Fsp3) is 0.941. The molecule has 0 aromatic heterocycles. The zero-order valence-electron chi connectivity index (χ0n) is 15.2. The molecule has 0 spiro atoms. The van der Waals surface area contributed by atoms with Gasteiger partial charge in [0.15, 0.2) is 5.96 Å². The average molecular weight is 339 g/mol. The van der Waals surface area contributed by atoms with Crippen LogP contribution in [0.2, 0.25) is 0 Å². The fourth-order valence-corrected chi connectivity index (χ4v) is 4.00. The molecule has 24 heavy (non-hydrogen) atoms. The summed E-state index contributed by atoms with van der Waals surface area (Å²) in [5.41, 5.74) is 6.45. The Morgan fingerprint density at radius 2 is 1.83 bits per heavy atom. The molecule has 0 aliphatic carbocycles. The molecule has 3 heterocycles. The van der Waals surface area contributed by atoms with Crippen LogP contribution >= 0.6 is 0 Å². The minimum atomic E-state index is 0.138. The van der Waals surface area contributed by atoms with Crippen LogP contribution in [0.1, 0.15) is 19.8 Å². The summed E-state index contributed by atoms with van der Waals surface area (Å²) < 4.78 is 11.2. The minimum absolute atomic E-state index is 0.138. The summed E-state index contributed by atoms with van der Waals surface area (Å²) in [4.78, 5) is 12.0. The maximum absolute atomic E-state index is 6.31. The van der Waals surface area contributed by atoms with E-state index < -0.39 is 0 Å². The van der Waals surface area contributed by atoms with Crippen molar-refractivity contribution in [2.24, 2.45) is 10.7 Å². The Hall–Kier alpha value is -0.890. The van der Waals surface area contributed by atoms with Crippen LogP contribution in [-0.2, 0) is 9.47 Å². The molecule has 3 fully saturated rings. The van der Waals surface area contributed by atoms with E-state index in [1.807, 2.05) is 0 Å². The first kappa shape index (κ1) is 17.9. The third-order valence-electron chi connectivity index (χ3n) is 5.70. The van der Waals surface area contributed by atoms with Gasteiger partial charge in [-0.3, -0.25) is 9.89 Å². The number of nitrogens with zero attached hydrogens (tertiary/aromatic N) is 4. The number of guanidine groups is 1. The summed E-state index contributed by atoms with van der Waals surface area (Å²) in [5, 5.41) is 0. The van der Waals surface area contributed by atoms with Gasteiger partial charge in [0.05, 0.1) is 32.5 Å². The van der Waals surface area contributed by atoms with Gasteiger partial charge >= 0.3 is 0 Å². The van der Waals surface area contributed by atoms with Crippen LogP contribution in [0.25, 0.3) is 0 Å².